The molecule has 5 heteroatoms. The highest BCUT2D eigenvalue weighted by molar-refractivity contribution is 9.10. The molecule has 1 unspecified atom stereocenters. The number of hydrogen-bond acceptors (Lipinski definition) is 3. The van der Waals surface area contributed by atoms with Crippen LogP contribution in [0.3, 0.4) is 0 Å². The van der Waals surface area contributed by atoms with Crippen LogP contribution in [-0.2, 0) is 6.54 Å². The highest BCUT2D eigenvalue weighted by atomic mass is 79.9. The van der Waals surface area contributed by atoms with Crippen LogP contribution in [0.4, 0.5) is 0 Å². The first-order valence-corrected chi connectivity index (χ1v) is 5.68. The highest BCUT2D eigenvalue weighted by Gasteiger charge is 2.12. The highest BCUT2D eigenvalue weighted by Crippen LogP contribution is 2.08. The Kier molecular flexibility index (Phi) is 5.53. The van der Waals surface area contributed by atoms with Crippen molar-refractivity contribution in [1.82, 2.24) is 15.6 Å². The van der Waals surface area contributed by atoms with Gasteiger partial charge in [0.05, 0.1) is 0 Å². The van der Waals surface area contributed by atoms with Gasteiger partial charge in [0.2, 0.25) is 0 Å². The number of nitrogens with one attached hydrogen (secondary N) is 2. The molecule has 0 radical (unpaired) electrons. The minimum atomic E-state index is 0. The molecule has 1 saturated heterocycles. The Bertz CT molecular complexity index is 302. The molecule has 0 saturated carbocycles. The van der Waals surface area contributed by atoms with E-state index in [1.54, 1.807) is 0 Å². The third-order valence-electron chi connectivity index (χ3n) is 2.45. The molecule has 2 rings (SSSR count). The van der Waals surface area contributed by atoms with Gasteiger partial charge in [-0.3, -0.25) is 0 Å². The lowest BCUT2D eigenvalue weighted by Gasteiger charge is -2.10. The molecule has 1 aromatic heterocycles. The van der Waals surface area contributed by atoms with Gasteiger partial charge in [-0.15, -0.1) is 12.4 Å². The number of rotatable bonds is 3. The summed E-state index contributed by atoms with van der Waals surface area (Å²) in [5.74, 6) is 0. The Morgan fingerprint density at radius 1 is 1.60 bits per heavy atom. The van der Waals surface area contributed by atoms with Gasteiger partial charge in [0.1, 0.15) is 4.60 Å². The minimum absolute atomic E-state index is 0. The summed E-state index contributed by atoms with van der Waals surface area (Å²) in [5.41, 5.74) is 1.28. The number of nitrogens with zero attached hydrogens (tertiary/aromatic N) is 1. The standard InChI is InChI=1S/C10H14BrN3.ClH/c11-10-5-8(1-4-13-10)6-14-9-2-3-12-7-9;/h1,4-5,9,12,14H,2-3,6-7H2;1H. The summed E-state index contributed by atoms with van der Waals surface area (Å²) in [7, 11) is 0. The van der Waals surface area contributed by atoms with Crippen LogP contribution in [0.2, 0.25) is 0 Å². The largest absolute Gasteiger partial charge is 0.315 e. The summed E-state index contributed by atoms with van der Waals surface area (Å²) in [6.45, 7) is 3.15. The average molecular weight is 293 g/mol. The fourth-order valence-corrected chi connectivity index (χ4v) is 2.06. The van der Waals surface area contributed by atoms with Gasteiger partial charge in [-0.2, -0.15) is 0 Å². The quantitative estimate of drug-likeness (QED) is 0.833. The first-order chi connectivity index (χ1) is 6.84. The Balaban J connectivity index is 0.00000112. The molecule has 0 spiro atoms. The SMILES string of the molecule is Brc1cc(CNC2CCNC2)ccn1.Cl. The van der Waals surface area contributed by atoms with Crippen LogP contribution in [0.15, 0.2) is 22.9 Å². The van der Waals surface area contributed by atoms with E-state index in [1.165, 1.54) is 12.0 Å². The maximum absolute atomic E-state index is 4.10. The van der Waals surface area contributed by atoms with Gasteiger partial charge in [0, 0.05) is 25.3 Å². The molecule has 1 fully saturated rings. The smallest absolute Gasteiger partial charge is 0.106 e. The number of aromatic nitrogens is 1. The topological polar surface area (TPSA) is 37.0 Å². The summed E-state index contributed by atoms with van der Waals surface area (Å²) < 4.78 is 0.904. The Morgan fingerprint density at radius 3 is 3.13 bits per heavy atom. The molecule has 1 atom stereocenters. The van der Waals surface area contributed by atoms with E-state index < -0.39 is 0 Å². The Morgan fingerprint density at radius 2 is 2.47 bits per heavy atom. The molecule has 1 aromatic rings. The van der Waals surface area contributed by atoms with Crippen LogP contribution in [0, 0.1) is 0 Å². The van der Waals surface area contributed by atoms with E-state index in [0.29, 0.717) is 6.04 Å². The van der Waals surface area contributed by atoms with Crippen molar-refractivity contribution in [1.29, 1.82) is 0 Å². The molecule has 1 aliphatic heterocycles. The van der Waals surface area contributed by atoms with Gasteiger partial charge < -0.3 is 10.6 Å². The molecular formula is C10H15BrClN3. The van der Waals surface area contributed by atoms with E-state index in [1.807, 2.05) is 12.3 Å². The van der Waals surface area contributed by atoms with Crippen molar-refractivity contribution in [3.8, 4) is 0 Å². The molecule has 15 heavy (non-hydrogen) atoms. The lowest BCUT2D eigenvalue weighted by atomic mass is 10.2. The molecule has 0 aliphatic carbocycles. The average Bonchev–Trinajstić information content (AvgIpc) is 2.67. The summed E-state index contributed by atoms with van der Waals surface area (Å²) in [5, 5.41) is 6.85. The van der Waals surface area contributed by atoms with Crippen LogP contribution in [-0.4, -0.2) is 24.1 Å². The van der Waals surface area contributed by atoms with E-state index in [2.05, 4.69) is 37.6 Å². The van der Waals surface area contributed by atoms with E-state index in [4.69, 9.17) is 0 Å². The second kappa shape index (κ2) is 6.43. The molecule has 84 valence electrons. The van der Waals surface area contributed by atoms with E-state index >= 15 is 0 Å². The Hall–Kier alpha value is -0.160. The van der Waals surface area contributed by atoms with Gasteiger partial charge in [-0.25, -0.2) is 4.98 Å². The van der Waals surface area contributed by atoms with Crippen molar-refractivity contribution in [2.24, 2.45) is 0 Å². The summed E-state index contributed by atoms with van der Waals surface area (Å²) in [4.78, 5) is 4.10. The zero-order valence-corrected chi connectivity index (χ0v) is 10.8. The summed E-state index contributed by atoms with van der Waals surface area (Å²) in [6, 6.07) is 4.72. The maximum atomic E-state index is 4.10. The molecule has 0 aromatic carbocycles. The normalized spacial score (nSPS) is 19.9. The maximum Gasteiger partial charge on any atom is 0.106 e. The van der Waals surface area contributed by atoms with Crippen molar-refractivity contribution >= 4 is 28.3 Å². The monoisotopic (exact) mass is 291 g/mol. The molecular weight excluding hydrogens is 277 g/mol. The minimum Gasteiger partial charge on any atom is -0.315 e. The van der Waals surface area contributed by atoms with Crippen LogP contribution >= 0.6 is 28.3 Å². The lowest BCUT2D eigenvalue weighted by Crippen LogP contribution is -2.30. The predicted molar refractivity (Wildman–Crippen MR) is 67.3 cm³/mol. The molecule has 0 bridgehead atoms. The number of hydrogen-bond donors (Lipinski definition) is 2. The molecule has 2 heterocycles. The van der Waals surface area contributed by atoms with Crippen LogP contribution < -0.4 is 10.6 Å². The molecule has 2 N–H and O–H groups in total. The lowest BCUT2D eigenvalue weighted by molar-refractivity contribution is 0.547. The molecule has 1 aliphatic rings. The van der Waals surface area contributed by atoms with Crippen molar-refractivity contribution in [3.63, 3.8) is 0 Å². The first-order valence-electron chi connectivity index (χ1n) is 4.89. The van der Waals surface area contributed by atoms with E-state index in [9.17, 15) is 0 Å². The molecule has 0 amide bonds. The van der Waals surface area contributed by atoms with Gasteiger partial charge in [0.25, 0.3) is 0 Å². The van der Waals surface area contributed by atoms with Gasteiger partial charge in [-0.05, 0) is 46.6 Å². The summed E-state index contributed by atoms with van der Waals surface area (Å²) >= 11 is 3.36. The number of pyridine rings is 1. The second-order valence-electron chi connectivity index (χ2n) is 3.56. The van der Waals surface area contributed by atoms with Crippen LogP contribution in [0.1, 0.15) is 12.0 Å². The van der Waals surface area contributed by atoms with E-state index in [-0.39, 0.29) is 12.4 Å². The van der Waals surface area contributed by atoms with Gasteiger partial charge in [0.15, 0.2) is 0 Å². The summed E-state index contributed by atoms with van der Waals surface area (Å²) in [6.07, 6.45) is 3.06. The van der Waals surface area contributed by atoms with Crippen LogP contribution in [0.5, 0.6) is 0 Å². The second-order valence-corrected chi connectivity index (χ2v) is 4.37. The third-order valence-corrected chi connectivity index (χ3v) is 2.88. The predicted octanol–water partition coefficient (Wildman–Crippen LogP) is 1.72. The van der Waals surface area contributed by atoms with Crippen molar-refractivity contribution in [2.75, 3.05) is 13.1 Å². The third kappa shape index (κ3) is 4.07. The fraction of sp³-hybridized carbons (Fsp3) is 0.500. The van der Waals surface area contributed by atoms with Crippen molar-refractivity contribution in [3.05, 3.63) is 28.5 Å². The van der Waals surface area contributed by atoms with Crippen LogP contribution in [0.25, 0.3) is 0 Å². The first kappa shape index (κ1) is 12.9. The van der Waals surface area contributed by atoms with Crippen molar-refractivity contribution in [2.45, 2.75) is 19.0 Å². The zero-order valence-electron chi connectivity index (χ0n) is 8.37. The Labute approximate surface area is 105 Å². The van der Waals surface area contributed by atoms with Crippen molar-refractivity contribution < 1.29 is 0 Å². The number of halogens is 2. The van der Waals surface area contributed by atoms with Gasteiger partial charge in [-0.1, -0.05) is 0 Å². The van der Waals surface area contributed by atoms with Gasteiger partial charge >= 0.3 is 0 Å². The zero-order chi connectivity index (χ0) is 9.80. The molecule has 3 nitrogen and oxygen atoms in total. The fourth-order valence-electron chi connectivity index (χ4n) is 1.64. The van der Waals surface area contributed by atoms with E-state index in [0.717, 1.165) is 24.2 Å².